The number of thiophene rings is 1. The molecule has 3 amide bonds. The minimum atomic E-state index is -0.958. The maximum atomic E-state index is 13.8. The largest absolute Gasteiger partial charge is 0.395 e. The van der Waals surface area contributed by atoms with Gasteiger partial charge in [0.1, 0.15) is 4.88 Å². The van der Waals surface area contributed by atoms with Crippen molar-refractivity contribution in [3.63, 3.8) is 0 Å². The molecule has 9 nitrogen and oxygen atoms in total. The molecule has 3 aromatic rings. The van der Waals surface area contributed by atoms with Gasteiger partial charge in [-0.15, -0.1) is 11.3 Å². The number of rotatable bonds is 8. The Morgan fingerprint density at radius 3 is 2.61 bits per heavy atom. The molecule has 3 heterocycles. The van der Waals surface area contributed by atoms with Crippen LogP contribution >= 0.6 is 22.9 Å². The summed E-state index contributed by atoms with van der Waals surface area (Å²) >= 11 is 2.14. The highest BCUT2D eigenvalue weighted by molar-refractivity contribution is 7.10. The predicted octanol–water partition coefficient (Wildman–Crippen LogP) is 2.57. The van der Waals surface area contributed by atoms with Gasteiger partial charge in [0.05, 0.1) is 11.8 Å². The van der Waals surface area contributed by atoms with Gasteiger partial charge in [0.15, 0.2) is 11.7 Å². The summed E-state index contributed by atoms with van der Waals surface area (Å²) in [6, 6.07) is 11.5. The molecule has 0 aliphatic carbocycles. The van der Waals surface area contributed by atoms with Crippen LogP contribution in [0.25, 0.3) is 0 Å². The van der Waals surface area contributed by atoms with Crippen LogP contribution in [0.2, 0.25) is 0 Å². The molecule has 2 aromatic heterocycles. The number of ether oxygens (including phenoxy) is 1. The number of anilines is 2. The Hall–Kier alpha value is -3.28. The van der Waals surface area contributed by atoms with Crippen molar-refractivity contribution in [1.82, 2.24) is 9.69 Å². The second kappa shape index (κ2) is 10.1. The summed E-state index contributed by atoms with van der Waals surface area (Å²) in [7, 11) is 0. The zero-order chi connectivity index (χ0) is 23.4. The Morgan fingerprint density at radius 2 is 2.00 bits per heavy atom. The van der Waals surface area contributed by atoms with Crippen LogP contribution < -0.4 is 21.7 Å². The van der Waals surface area contributed by atoms with Crippen molar-refractivity contribution < 1.29 is 19.1 Å². The molecule has 0 unspecified atom stereocenters. The number of nitrogens with two attached hydrogens (primary N) is 2. The van der Waals surface area contributed by atoms with E-state index in [4.69, 9.17) is 16.2 Å². The van der Waals surface area contributed by atoms with Gasteiger partial charge in [0.25, 0.3) is 11.8 Å². The standard InChI is InChI=1S/C22H23N5O4S2/c23-16-17(20(24)28)26-33-19(16)22(30)27(13-6-2-1-3-7-13)18(15-9-5-11-32-15)21(29)25-12-14-8-4-10-31-14/h1-3,5-7,9,11,14,18H,4,8,10,12,23H2,(H2,24,28)(H,25,29)/t14-,18-/m0/s1. The van der Waals surface area contributed by atoms with Gasteiger partial charge in [0, 0.05) is 23.7 Å². The highest BCUT2D eigenvalue weighted by Gasteiger charge is 2.36. The summed E-state index contributed by atoms with van der Waals surface area (Å²) in [5, 5.41) is 4.78. The molecule has 0 spiro atoms. The first-order valence-electron chi connectivity index (χ1n) is 10.3. The lowest BCUT2D eigenvalue weighted by molar-refractivity contribution is -0.122. The second-order valence-corrected chi connectivity index (χ2v) is 9.20. The van der Waals surface area contributed by atoms with Gasteiger partial charge in [-0.1, -0.05) is 24.3 Å². The zero-order valence-corrected chi connectivity index (χ0v) is 19.2. The van der Waals surface area contributed by atoms with E-state index in [1.54, 1.807) is 30.3 Å². The molecule has 0 saturated carbocycles. The van der Waals surface area contributed by atoms with Crippen LogP contribution in [0, 0.1) is 0 Å². The molecule has 1 aliphatic heterocycles. The Morgan fingerprint density at radius 1 is 1.21 bits per heavy atom. The first-order valence-corrected chi connectivity index (χ1v) is 12.0. The van der Waals surface area contributed by atoms with Crippen molar-refractivity contribution >= 4 is 52.0 Å². The number of primary amides is 1. The summed E-state index contributed by atoms with van der Waals surface area (Å²) in [6.45, 7) is 1.03. The van der Waals surface area contributed by atoms with Crippen LogP contribution in [0.15, 0.2) is 47.8 Å². The van der Waals surface area contributed by atoms with E-state index >= 15 is 0 Å². The monoisotopic (exact) mass is 485 g/mol. The van der Waals surface area contributed by atoms with E-state index < -0.39 is 17.9 Å². The Bertz CT molecular complexity index is 1130. The number of nitrogens with one attached hydrogen (secondary N) is 1. The molecule has 4 rings (SSSR count). The average molecular weight is 486 g/mol. The summed E-state index contributed by atoms with van der Waals surface area (Å²) < 4.78 is 9.57. The lowest BCUT2D eigenvalue weighted by Gasteiger charge is -2.30. The van der Waals surface area contributed by atoms with Gasteiger partial charge in [-0.05, 0) is 48.0 Å². The lowest BCUT2D eigenvalue weighted by Crippen LogP contribution is -2.45. The normalized spacial score (nSPS) is 16.3. The molecule has 0 bridgehead atoms. The molecule has 1 aromatic carbocycles. The lowest BCUT2D eigenvalue weighted by atomic mass is 10.1. The molecule has 11 heteroatoms. The summed E-state index contributed by atoms with van der Waals surface area (Å²) in [5.41, 5.74) is 11.6. The first kappa shape index (κ1) is 22.9. The van der Waals surface area contributed by atoms with Crippen LogP contribution in [0.5, 0.6) is 0 Å². The number of para-hydroxylation sites is 1. The van der Waals surface area contributed by atoms with Crippen molar-refractivity contribution in [2.24, 2.45) is 5.73 Å². The third-order valence-corrected chi connectivity index (χ3v) is 7.03. The van der Waals surface area contributed by atoms with Crippen molar-refractivity contribution in [2.45, 2.75) is 25.0 Å². The number of hydrogen-bond acceptors (Lipinski definition) is 8. The van der Waals surface area contributed by atoms with E-state index in [0.29, 0.717) is 23.7 Å². The quantitative estimate of drug-likeness (QED) is 0.448. The van der Waals surface area contributed by atoms with E-state index in [9.17, 15) is 14.4 Å². The number of carbonyl (C=O) groups is 3. The SMILES string of the molecule is NC(=O)c1nsc(C(=O)N(c2ccccc2)[C@H](C(=O)NC[C@@H]2CCCO2)c2cccs2)c1N. The molecular formula is C22H23N5O4S2. The topological polar surface area (TPSA) is 141 Å². The van der Waals surface area contributed by atoms with Crippen LogP contribution in [-0.2, 0) is 9.53 Å². The Balaban J connectivity index is 1.73. The Labute approximate surface area is 198 Å². The third-order valence-electron chi connectivity index (χ3n) is 5.26. The van der Waals surface area contributed by atoms with E-state index in [1.165, 1.54) is 16.2 Å². The number of hydrogen-bond donors (Lipinski definition) is 3. The van der Waals surface area contributed by atoms with Gasteiger partial charge in [-0.25, -0.2) is 0 Å². The fourth-order valence-electron chi connectivity index (χ4n) is 3.65. The predicted molar refractivity (Wildman–Crippen MR) is 127 cm³/mol. The van der Waals surface area contributed by atoms with Crippen LogP contribution in [0.4, 0.5) is 11.4 Å². The van der Waals surface area contributed by atoms with Gasteiger partial charge < -0.3 is 21.5 Å². The maximum Gasteiger partial charge on any atom is 0.273 e. The van der Waals surface area contributed by atoms with E-state index in [-0.39, 0.29) is 28.3 Å². The first-order chi connectivity index (χ1) is 16.0. The van der Waals surface area contributed by atoms with Crippen LogP contribution in [-0.4, -0.2) is 41.4 Å². The minimum Gasteiger partial charge on any atom is -0.395 e. The number of aromatic nitrogens is 1. The van der Waals surface area contributed by atoms with Crippen LogP contribution in [0.3, 0.4) is 0 Å². The molecule has 33 heavy (non-hydrogen) atoms. The molecule has 5 N–H and O–H groups in total. The zero-order valence-electron chi connectivity index (χ0n) is 17.6. The maximum absolute atomic E-state index is 13.8. The molecule has 2 atom stereocenters. The van der Waals surface area contributed by atoms with E-state index in [2.05, 4.69) is 9.69 Å². The van der Waals surface area contributed by atoms with Gasteiger partial charge >= 0.3 is 0 Å². The van der Waals surface area contributed by atoms with Crippen molar-refractivity contribution in [3.05, 3.63) is 63.3 Å². The van der Waals surface area contributed by atoms with Gasteiger partial charge in [-0.2, -0.15) is 4.37 Å². The van der Waals surface area contributed by atoms with Gasteiger partial charge in [0.2, 0.25) is 5.91 Å². The van der Waals surface area contributed by atoms with Crippen molar-refractivity contribution in [3.8, 4) is 0 Å². The average Bonchev–Trinajstić information content (AvgIpc) is 3.58. The fraction of sp³-hybridized carbons (Fsp3) is 0.273. The molecule has 1 fully saturated rings. The fourth-order valence-corrected chi connectivity index (χ4v) is 5.20. The molecule has 172 valence electrons. The highest BCUT2D eigenvalue weighted by atomic mass is 32.1. The summed E-state index contributed by atoms with van der Waals surface area (Å²) in [5.74, 6) is -1.71. The van der Waals surface area contributed by atoms with E-state index in [0.717, 1.165) is 24.4 Å². The number of benzene rings is 1. The molecule has 1 aliphatic rings. The van der Waals surface area contributed by atoms with E-state index in [1.807, 2.05) is 17.5 Å². The van der Waals surface area contributed by atoms with Crippen molar-refractivity contribution in [2.75, 3.05) is 23.8 Å². The summed E-state index contributed by atoms with van der Waals surface area (Å²) in [6.07, 6.45) is 1.78. The number of amides is 3. The molecule has 0 radical (unpaired) electrons. The summed E-state index contributed by atoms with van der Waals surface area (Å²) in [4.78, 5) is 41.0. The smallest absolute Gasteiger partial charge is 0.273 e. The number of carbonyl (C=O) groups excluding carboxylic acids is 3. The van der Waals surface area contributed by atoms with Crippen LogP contribution in [0.1, 0.15) is 43.9 Å². The van der Waals surface area contributed by atoms with Crippen molar-refractivity contribution in [1.29, 1.82) is 0 Å². The second-order valence-electron chi connectivity index (χ2n) is 7.45. The number of nitrogens with zero attached hydrogens (tertiary/aromatic N) is 2. The Kier molecular flexibility index (Phi) is 7.02. The minimum absolute atomic E-state index is 0.0427. The third kappa shape index (κ3) is 4.90. The molecule has 1 saturated heterocycles. The highest BCUT2D eigenvalue weighted by Crippen LogP contribution is 2.34. The molecular weight excluding hydrogens is 462 g/mol. The van der Waals surface area contributed by atoms with Gasteiger partial charge in [-0.3, -0.25) is 19.3 Å². The number of nitrogen functional groups attached to an aromatic ring is 1.